The van der Waals surface area contributed by atoms with Gasteiger partial charge in [0, 0.05) is 20.1 Å². The molecule has 5 nitrogen and oxygen atoms in total. The lowest BCUT2D eigenvalue weighted by molar-refractivity contribution is 0.454. The summed E-state index contributed by atoms with van der Waals surface area (Å²) in [6.45, 7) is 1.21. The maximum Gasteiger partial charge on any atom is 0.279 e. The highest BCUT2D eigenvalue weighted by Gasteiger charge is 2.16. The van der Waals surface area contributed by atoms with Gasteiger partial charge in [-0.1, -0.05) is 30.3 Å². The van der Waals surface area contributed by atoms with Gasteiger partial charge in [-0.05, 0) is 18.5 Å². The van der Waals surface area contributed by atoms with Gasteiger partial charge < -0.3 is 5.73 Å². The van der Waals surface area contributed by atoms with Crippen LogP contribution >= 0.6 is 0 Å². The molecule has 0 spiro atoms. The second kappa shape index (κ2) is 6.70. The summed E-state index contributed by atoms with van der Waals surface area (Å²) < 4.78 is 27.4. The minimum Gasteiger partial charge on any atom is -0.330 e. The van der Waals surface area contributed by atoms with E-state index in [1.807, 2.05) is 30.3 Å². The number of benzene rings is 1. The number of hydrogen-bond donors (Lipinski definition) is 2. The summed E-state index contributed by atoms with van der Waals surface area (Å²) >= 11 is 0. The zero-order chi connectivity index (χ0) is 12.7. The number of nitrogens with one attached hydrogen (secondary N) is 1. The van der Waals surface area contributed by atoms with Crippen molar-refractivity contribution in [1.82, 2.24) is 9.03 Å². The Labute approximate surface area is 103 Å². The molecule has 96 valence electrons. The summed E-state index contributed by atoms with van der Waals surface area (Å²) in [6, 6.07) is 9.46. The molecule has 6 heteroatoms. The van der Waals surface area contributed by atoms with E-state index in [1.165, 1.54) is 4.31 Å². The fourth-order valence-electron chi connectivity index (χ4n) is 1.34. The third-order valence-electron chi connectivity index (χ3n) is 2.32. The van der Waals surface area contributed by atoms with Crippen molar-refractivity contribution in [2.45, 2.75) is 13.0 Å². The lowest BCUT2D eigenvalue weighted by Gasteiger charge is -2.17. The van der Waals surface area contributed by atoms with E-state index < -0.39 is 10.2 Å². The highest BCUT2D eigenvalue weighted by molar-refractivity contribution is 7.87. The molecular weight excluding hydrogens is 238 g/mol. The average Bonchev–Trinajstić information content (AvgIpc) is 2.30. The summed E-state index contributed by atoms with van der Waals surface area (Å²) in [5.74, 6) is 0. The van der Waals surface area contributed by atoms with Crippen molar-refractivity contribution < 1.29 is 8.42 Å². The summed E-state index contributed by atoms with van der Waals surface area (Å²) in [6.07, 6.45) is 0.637. The molecular formula is C11H19N3O2S. The van der Waals surface area contributed by atoms with Crippen LogP contribution in [0.5, 0.6) is 0 Å². The van der Waals surface area contributed by atoms with E-state index in [0.717, 1.165) is 5.56 Å². The first-order valence-corrected chi connectivity index (χ1v) is 6.95. The highest BCUT2D eigenvalue weighted by Crippen LogP contribution is 2.05. The van der Waals surface area contributed by atoms with Gasteiger partial charge in [0.15, 0.2) is 0 Å². The zero-order valence-corrected chi connectivity index (χ0v) is 10.8. The SMILES string of the molecule is CN(Cc1ccccc1)S(=O)(=O)NCCCN. The van der Waals surface area contributed by atoms with Gasteiger partial charge in [0.2, 0.25) is 0 Å². The van der Waals surface area contributed by atoms with Crippen LogP contribution in [0.15, 0.2) is 30.3 Å². The molecule has 0 aliphatic rings. The maximum absolute atomic E-state index is 11.8. The molecule has 3 N–H and O–H groups in total. The van der Waals surface area contributed by atoms with Gasteiger partial charge >= 0.3 is 0 Å². The van der Waals surface area contributed by atoms with E-state index in [2.05, 4.69) is 4.72 Å². The van der Waals surface area contributed by atoms with Crippen molar-refractivity contribution in [3.8, 4) is 0 Å². The number of nitrogens with two attached hydrogens (primary N) is 1. The van der Waals surface area contributed by atoms with Crippen LogP contribution in [0.4, 0.5) is 0 Å². The molecule has 1 rings (SSSR count). The van der Waals surface area contributed by atoms with Gasteiger partial charge in [0.1, 0.15) is 0 Å². The van der Waals surface area contributed by atoms with Crippen LogP contribution in [0.25, 0.3) is 0 Å². The molecule has 0 bridgehead atoms. The Morgan fingerprint density at radius 3 is 2.53 bits per heavy atom. The minimum atomic E-state index is -3.40. The Morgan fingerprint density at radius 2 is 1.94 bits per heavy atom. The van der Waals surface area contributed by atoms with Crippen molar-refractivity contribution in [3.05, 3.63) is 35.9 Å². The molecule has 0 saturated carbocycles. The molecule has 0 heterocycles. The average molecular weight is 257 g/mol. The molecule has 0 unspecified atom stereocenters. The van der Waals surface area contributed by atoms with Gasteiger partial charge in [-0.2, -0.15) is 12.7 Å². The summed E-state index contributed by atoms with van der Waals surface area (Å²) in [7, 11) is -1.85. The topological polar surface area (TPSA) is 75.4 Å². The van der Waals surface area contributed by atoms with Crippen LogP contribution in [0.3, 0.4) is 0 Å². The molecule has 0 aliphatic carbocycles. The Balaban J connectivity index is 2.54. The molecule has 0 fully saturated rings. The molecule has 0 radical (unpaired) electrons. The van der Waals surface area contributed by atoms with Crippen molar-refractivity contribution in [2.24, 2.45) is 5.73 Å². The maximum atomic E-state index is 11.8. The first-order valence-electron chi connectivity index (χ1n) is 5.51. The second-order valence-corrected chi connectivity index (χ2v) is 5.65. The third-order valence-corrected chi connectivity index (χ3v) is 3.84. The Kier molecular flexibility index (Phi) is 5.57. The van der Waals surface area contributed by atoms with Crippen LogP contribution < -0.4 is 10.5 Å². The fourth-order valence-corrected chi connectivity index (χ4v) is 2.28. The normalized spacial score (nSPS) is 11.9. The Hall–Kier alpha value is -0.950. The first kappa shape index (κ1) is 14.1. The van der Waals surface area contributed by atoms with Crippen LogP contribution in [0.1, 0.15) is 12.0 Å². The van der Waals surface area contributed by atoms with E-state index in [9.17, 15) is 8.42 Å². The molecule has 1 aromatic rings. The van der Waals surface area contributed by atoms with Crippen LogP contribution in [0.2, 0.25) is 0 Å². The Morgan fingerprint density at radius 1 is 1.29 bits per heavy atom. The van der Waals surface area contributed by atoms with Crippen LogP contribution in [-0.2, 0) is 16.8 Å². The smallest absolute Gasteiger partial charge is 0.279 e. The fraction of sp³-hybridized carbons (Fsp3) is 0.455. The summed E-state index contributed by atoms with van der Waals surface area (Å²) in [5.41, 5.74) is 6.27. The lowest BCUT2D eigenvalue weighted by Crippen LogP contribution is -2.38. The van der Waals surface area contributed by atoms with E-state index in [-0.39, 0.29) is 0 Å². The first-order chi connectivity index (χ1) is 8.06. The van der Waals surface area contributed by atoms with E-state index in [0.29, 0.717) is 26.1 Å². The Bertz CT molecular complexity index is 420. The number of hydrogen-bond acceptors (Lipinski definition) is 3. The van der Waals surface area contributed by atoms with Crippen LogP contribution in [0, 0.1) is 0 Å². The second-order valence-electron chi connectivity index (χ2n) is 3.78. The molecule has 17 heavy (non-hydrogen) atoms. The summed E-state index contributed by atoms with van der Waals surface area (Å²) in [4.78, 5) is 0. The van der Waals surface area contributed by atoms with Gasteiger partial charge in [-0.25, -0.2) is 4.72 Å². The predicted octanol–water partition coefficient (Wildman–Crippen LogP) is 0.302. The van der Waals surface area contributed by atoms with E-state index >= 15 is 0 Å². The van der Waals surface area contributed by atoms with E-state index in [1.54, 1.807) is 7.05 Å². The van der Waals surface area contributed by atoms with Crippen LogP contribution in [-0.4, -0.2) is 32.9 Å². The summed E-state index contributed by atoms with van der Waals surface area (Å²) in [5, 5.41) is 0. The molecule has 0 saturated heterocycles. The quantitative estimate of drug-likeness (QED) is 0.690. The van der Waals surface area contributed by atoms with E-state index in [4.69, 9.17) is 5.73 Å². The lowest BCUT2D eigenvalue weighted by atomic mass is 10.2. The molecule has 0 aliphatic heterocycles. The van der Waals surface area contributed by atoms with Crippen molar-refractivity contribution in [2.75, 3.05) is 20.1 Å². The molecule has 1 aromatic carbocycles. The number of rotatable bonds is 7. The number of nitrogens with zero attached hydrogens (tertiary/aromatic N) is 1. The molecule has 0 amide bonds. The van der Waals surface area contributed by atoms with Gasteiger partial charge in [-0.15, -0.1) is 0 Å². The highest BCUT2D eigenvalue weighted by atomic mass is 32.2. The standard InChI is InChI=1S/C11H19N3O2S/c1-14(10-11-6-3-2-4-7-11)17(15,16)13-9-5-8-12/h2-4,6-7,13H,5,8-10,12H2,1H3. The monoisotopic (exact) mass is 257 g/mol. The zero-order valence-electron chi connectivity index (χ0n) is 9.96. The van der Waals surface area contributed by atoms with Gasteiger partial charge in [-0.3, -0.25) is 0 Å². The predicted molar refractivity (Wildman–Crippen MR) is 68.5 cm³/mol. The van der Waals surface area contributed by atoms with Crippen molar-refractivity contribution >= 4 is 10.2 Å². The van der Waals surface area contributed by atoms with Gasteiger partial charge in [0.05, 0.1) is 0 Å². The minimum absolute atomic E-state index is 0.360. The van der Waals surface area contributed by atoms with Crippen molar-refractivity contribution in [1.29, 1.82) is 0 Å². The van der Waals surface area contributed by atoms with Crippen molar-refractivity contribution in [3.63, 3.8) is 0 Å². The molecule has 0 aromatic heterocycles. The largest absolute Gasteiger partial charge is 0.330 e. The third kappa shape index (κ3) is 4.82. The van der Waals surface area contributed by atoms with Gasteiger partial charge in [0.25, 0.3) is 10.2 Å². The molecule has 0 atom stereocenters.